The van der Waals surface area contributed by atoms with Crippen molar-refractivity contribution in [3.8, 4) is 11.3 Å². The van der Waals surface area contributed by atoms with Gasteiger partial charge < -0.3 is 10.0 Å². The van der Waals surface area contributed by atoms with Crippen LogP contribution < -0.4 is 0 Å². The molecule has 0 saturated heterocycles. The number of aryl methyl sites for hydroxylation is 1. The van der Waals surface area contributed by atoms with Crippen LogP contribution in [0.2, 0.25) is 0 Å². The Balaban J connectivity index is 2.24. The van der Waals surface area contributed by atoms with Crippen LogP contribution in [0.3, 0.4) is 0 Å². The van der Waals surface area contributed by atoms with Crippen molar-refractivity contribution in [2.24, 2.45) is 0 Å². The number of rotatable bonds is 6. The first-order valence-electron chi connectivity index (χ1n) is 8.39. The third-order valence-electron chi connectivity index (χ3n) is 4.22. The van der Waals surface area contributed by atoms with Crippen LogP contribution in [0.25, 0.3) is 11.3 Å². The average Bonchev–Trinajstić information content (AvgIpc) is 3.28. The molecule has 9 nitrogen and oxygen atoms in total. The minimum atomic E-state index is -4.35. The largest absolute Gasteiger partial charge is 0.465 e. The predicted octanol–water partition coefficient (Wildman–Crippen LogP) is 2.39. The van der Waals surface area contributed by atoms with Crippen molar-refractivity contribution in [2.75, 3.05) is 7.05 Å². The maximum atomic E-state index is 15.2. The summed E-state index contributed by atoms with van der Waals surface area (Å²) in [6, 6.07) is 2.52. The molecule has 0 aliphatic rings. The number of aromatic nitrogens is 4. The van der Waals surface area contributed by atoms with Gasteiger partial charge in [-0.05, 0) is 19.1 Å². The van der Waals surface area contributed by atoms with Crippen LogP contribution in [-0.4, -0.2) is 50.3 Å². The Labute approximate surface area is 164 Å². The molecule has 3 aromatic rings. The number of nitrogens with zero attached hydrogens (tertiary/aromatic N) is 5. The monoisotopic (exact) mass is 425 g/mol. The summed E-state index contributed by atoms with van der Waals surface area (Å²) in [5.41, 5.74) is -1.19. The molecule has 0 spiro atoms. The smallest absolute Gasteiger partial charge is 0.407 e. The molecule has 0 aromatic carbocycles. The molecule has 0 bridgehead atoms. The Bertz CT molecular complexity index is 1170. The molecule has 0 atom stereocenters. The number of hydrogen-bond donors (Lipinski definition) is 1. The van der Waals surface area contributed by atoms with E-state index in [0.29, 0.717) is 10.5 Å². The maximum Gasteiger partial charge on any atom is 0.407 e. The molecule has 0 aliphatic carbocycles. The van der Waals surface area contributed by atoms with E-state index in [-0.39, 0.29) is 16.0 Å². The quantitative estimate of drug-likeness (QED) is 0.607. The van der Waals surface area contributed by atoms with Crippen LogP contribution in [0.15, 0.2) is 41.8 Å². The first-order valence-corrected chi connectivity index (χ1v) is 9.83. The van der Waals surface area contributed by atoms with E-state index < -0.39 is 40.1 Å². The summed E-state index contributed by atoms with van der Waals surface area (Å²) in [5.74, 6) is -2.13. The Hall–Kier alpha value is -3.28. The van der Waals surface area contributed by atoms with Crippen molar-refractivity contribution in [1.82, 2.24) is 23.6 Å². The highest BCUT2D eigenvalue weighted by molar-refractivity contribution is 7.90. The molecule has 1 amide bonds. The summed E-state index contributed by atoms with van der Waals surface area (Å²) < 4.78 is 57.7. The van der Waals surface area contributed by atoms with E-state index in [0.717, 1.165) is 23.5 Å². The van der Waals surface area contributed by atoms with Gasteiger partial charge in [-0.1, -0.05) is 0 Å². The van der Waals surface area contributed by atoms with Gasteiger partial charge in [0.25, 0.3) is 10.0 Å². The molecule has 0 unspecified atom stereocenters. The first-order chi connectivity index (χ1) is 13.7. The number of pyridine rings is 1. The van der Waals surface area contributed by atoms with Gasteiger partial charge in [0.1, 0.15) is 10.6 Å². The molecule has 154 valence electrons. The number of halogens is 2. The second kappa shape index (κ2) is 7.62. The predicted molar refractivity (Wildman–Crippen MR) is 97.6 cm³/mol. The molecular formula is C17H17F2N5O4S. The van der Waals surface area contributed by atoms with Crippen molar-refractivity contribution in [1.29, 1.82) is 0 Å². The minimum absolute atomic E-state index is 0.224. The van der Waals surface area contributed by atoms with Crippen molar-refractivity contribution in [3.05, 3.63) is 54.2 Å². The van der Waals surface area contributed by atoms with Crippen LogP contribution in [-0.2, 0) is 23.1 Å². The molecule has 3 rings (SSSR count). The summed E-state index contributed by atoms with van der Waals surface area (Å²) >= 11 is 0. The molecule has 3 aromatic heterocycles. The van der Waals surface area contributed by atoms with E-state index in [1.807, 2.05) is 0 Å². The summed E-state index contributed by atoms with van der Waals surface area (Å²) in [4.78, 5) is 15.1. The normalized spacial score (nSPS) is 11.6. The second-order valence-corrected chi connectivity index (χ2v) is 7.94. The van der Waals surface area contributed by atoms with Crippen molar-refractivity contribution in [2.45, 2.75) is 24.9 Å². The van der Waals surface area contributed by atoms with Gasteiger partial charge in [0, 0.05) is 37.7 Å². The zero-order valence-corrected chi connectivity index (χ0v) is 16.3. The highest BCUT2D eigenvalue weighted by Gasteiger charge is 2.30. The lowest BCUT2D eigenvalue weighted by Crippen LogP contribution is -2.24. The van der Waals surface area contributed by atoms with Gasteiger partial charge in [0.05, 0.1) is 18.3 Å². The van der Waals surface area contributed by atoms with E-state index >= 15 is 4.39 Å². The van der Waals surface area contributed by atoms with Crippen LogP contribution in [0.5, 0.6) is 0 Å². The van der Waals surface area contributed by atoms with Gasteiger partial charge in [-0.25, -0.2) is 26.6 Å². The fourth-order valence-electron chi connectivity index (χ4n) is 2.70. The number of carbonyl (C=O) groups is 1. The Morgan fingerprint density at radius 3 is 2.62 bits per heavy atom. The highest BCUT2D eigenvalue weighted by atomic mass is 32.2. The molecule has 1 N–H and O–H groups in total. The van der Waals surface area contributed by atoms with Crippen LogP contribution >= 0.6 is 0 Å². The van der Waals surface area contributed by atoms with E-state index in [4.69, 9.17) is 5.11 Å². The standard InChI is InChI=1S/C17H17F2N5O4S/c1-3-23-10-12(7-21-23)29(27,28)24-9-11(8-22(2)17(25)26)14(18)15(24)13-5-4-6-20-16(13)19/h4-7,9-10H,3,8H2,1-2H3,(H,25,26). The lowest BCUT2D eigenvalue weighted by atomic mass is 10.2. The van der Waals surface area contributed by atoms with Crippen molar-refractivity contribution >= 4 is 16.1 Å². The lowest BCUT2D eigenvalue weighted by Gasteiger charge is -2.11. The van der Waals surface area contributed by atoms with E-state index in [2.05, 4.69) is 10.1 Å². The summed E-state index contributed by atoms with van der Waals surface area (Å²) in [6.07, 6.45) is 3.11. The van der Waals surface area contributed by atoms with E-state index in [1.54, 1.807) is 6.92 Å². The SMILES string of the molecule is CCn1cc(S(=O)(=O)n2cc(CN(C)C(=O)O)c(F)c2-c2cccnc2F)cn1. The number of hydrogen-bond acceptors (Lipinski definition) is 5. The Morgan fingerprint density at radius 1 is 1.31 bits per heavy atom. The maximum absolute atomic E-state index is 15.2. The van der Waals surface area contributed by atoms with Crippen molar-refractivity contribution < 1.29 is 27.1 Å². The second-order valence-electron chi connectivity index (χ2n) is 6.13. The summed E-state index contributed by atoms with van der Waals surface area (Å²) in [7, 11) is -3.15. The fourth-order valence-corrected chi connectivity index (χ4v) is 4.05. The topological polar surface area (TPSA) is 110 Å². The van der Waals surface area contributed by atoms with Gasteiger partial charge in [0.15, 0.2) is 5.82 Å². The van der Waals surface area contributed by atoms with Gasteiger partial charge >= 0.3 is 6.09 Å². The Morgan fingerprint density at radius 2 is 2.03 bits per heavy atom. The highest BCUT2D eigenvalue weighted by Crippen LogP contribution is 2.32. The average molecular weight is 425 g/mol. The molecule has 0 fully saturated rings. The lowest BCUT2D eigenvalue weighted by molar-refractivity contribution is 0.153. The van der Waals surface area contributed by atoms with Crippen molar-refractivity contribution in [3.63, 3.8) is 0 Å². The molecule has 3 heterocycles. The third-order valence-corrected chi connectivity index (χ3v) is 5.83. The van der Waals surface area contributed by atoms with Gasteiger partial charge in [0.2, 0.25) is 5.95 Å². The first kappa shape index (κ1) is 20.5. The zero-order chi connectivity index (χ0) is 21.3. The van der Waals surface area contributed by atoms with E-state index in [9.17, 15) is 17.6 Å². The Kier molecular flexibility index (Phi) is 5.38. The number of amides is 1. The molecule has 29 heavy (non-hydrogen) atoms. The molecule has 12 heteroatoms. The van der Waals surface area contributed by atoms with E-state index in [1.165, 1.54) is 30.1 Å². The zero-order valence-electron chi connectivity index (χ0n) is 15.5. The fraction of sp³-hybridized carbons (Fsp3) is 0.235. The third kappa shape index (κ3) is 3.70. The van der Waals surface area contributed by atoms with Crippen LogP contribution in [0, 0.1) is 11.8 Å². The van der Waals surface area contributed by atoms with Gasteiger partial charge in [-0.2, -0.15) is 9.49 Å². The molecule has 0 aliphatic heterocycles. The summed E-state index contributed by atoms with van der Waals surface area (Å²) in [5, 5.41) is 12.9. The molecule has 0 radical (unpaired) electrons. The van der Waals surface area contributed by atoms with Crippen LogP contribution in [0.4, 0.5) is 13.6 Å². The molecular weight excluding hydrogens is 408 g/mol. The molecule has 0 saturated carbocycles. The minimum Gasteiger partial charge on any atom is -0.465 e. The number of carboxylic acid groups (broad SMARTS) is 1. The van der Waals surface area contributed by atoms with Crippen LogP contribution in [0.1, 0.15) is 12.5 Å². The summed E-state index contributed by atoms with van der Waals surface area (Å²) in [6.45, 7) is 1.73. The van der Waals surface area contributed by atoms with Gasteiger partial charge in [-0.15, -0.1) is 0 Å². The van der Waals surface area contributed by atoms with Gasteiger partial charge in [-0.3, -0.25) is 4.68 Å².